The minimum absolute atomic E-state index is 0.469. The molecule has 1 aliphatic carbocycles. The molecule has 7 aromatic rings. The highest BCUT2D eigenvalue weighted by Gasteiger charge is 2.51. The monoisotopic (exact) mass is 497 g/mol. The largest absolute Gasteiger partial charge is 0.457 e. The van der Waals surface area contributed by atoms with Gasteiger partial charge in [0.15, 0.2) is 0 Å². The third kappa shape index (κ3) is 2.51. The Hall–Kier alpha value is -5.08. The van der Waals surface area contributed by atoms with Crippen molar-refractivity contribution in [2.75, 3.05) is 0 Å². The molecule has 1 spiro atoms. The number of benzene rings is 6. The van der Waals surface area contributed by atoms with Gasteiger partial charge in [-0.2, -0.15) is 0 Å². The standard InChI is InChI=1S/C37H23NO/c1-2-12-24(13-3-1)38-32-19-9-5-14-25(32)26-22-23-31-35(36(26)38)27-15-4-6-16-28(27)37(31)29-17-7-10-20-33(29)39-34-21-11-8-18-30(34)37/h1-23H. The van der Waals surface area contributed by atoms with E-state index < -0.39 is 5.41 Å². The summed E-state index contributed by atoms with van der Waals surface area (Å²) in [6, 6.07) is 50.3. The number of hydrogen-bond acceptors (Lipinski definition) is 1. The molecule has 0 radical (unpaired) electrons. The maximum absolute atomic E-state index is 6.52. The molecule has 0 N–H and O–H groups in total. The van der Waals surface area contributed by atoms with E-state index in [0.717, 1.165) is 11.5 Å². The Balaban J connectivity index is 1.54. The first-order valence-electron chi connectivity index (χ1n) is 13.5. The fraction of sp³-hybridized carbons (Fsp3) is 0.0270. The highest BCUT2D eigenvalue weighted by Crippen LogP contribution is 2.63. The van der Waals surface area contributed by atoms with Gasteiger partial charge in [0.25, 0.3) is 0 Å². The predicted octanol–water partition coefficient (Wildman–Crippen LogP) is 9.25. The molecule has 1 aromatic heterocycles. The Morgan fingerprint density at radius 3 is 1.85 bits per heavy atom. The van der Waals surface area contributed by atoms with Crippen molar-refractivity contribution >= 4 is 21.8 Å². The summed E-state index contributed by atoms with van der Waals surface area (Å²) in [6.45, 7) is 0. The molecule has 0 saturated heterocycles. The molecule has 2 heteroatoms. The van der Waals surface area contributed by atoms with E-state index in [4.69, 9.17) is 4.74 Å². The van der Waals surface area contributed by atoms with Crippen LogP contribution >= 0.6 is 0 Å². The Kier molecular flexibility index (Phi) is 4.02. The van der Waals surface area contributed by atoms with Gasteiger partial charge in [-0.3, -0.25) is 0 Å². The Morgan fingerprint density at radius 2 is 1.08 bits per heavy atom. The lowest BCUT2D eigenvalue weighted by molar-refractivity contribution is 0.436. The fourth-order valence-electron chi connectivity index (χ4n) is 7.24. The molecule has 39 heavy (non-hydrogen) atoms. The first-order chi connectivity index (χ1) is 19.4. The maximum atomic E-state index is 6.52. The third-order valence-electron chi connectivity index (χ3n) is 8.66. The van der Waals surface area contributed by atoms with E-state index in [1.165, 1.54) is 60.9 Å². The van der Waals surface area contributed by atoms with E-state index in [-0.39, 0.29) is 0 Å². The van der Waals surface area contributed by atoms with Gasteiger partial charge in [0, 0.05) is 33.2 Å². The zero-order valence-corrected chi connectivity index (χ0v) is 21.1. The van der Waals surface area contributed by atoms with Gasteiger partial charge in [0.1, 0.15) is 11.5 Å². The molecular weight excluding hydrogens is 474 g/mol. The van der Waals surface area contributed by atoms with Crippen LogP contribution in [0.2, 0.25) is 0 Å². The molecule has 0 unspecified atom stereocenters. The molecule has 2 nitrogen and oxygen atoms in total. The summed E-state index contributed by atoms with van der Waals surface area (Å²) in [7, 11) is 0. The summed E-state index contributed by atoms with van der Waals surface area (Å²) >= 11 is 0. The topological polar surface area (TPSA) is 14.2 Å². The van der Waals surface area contributed by atoms with Crippen LogP contribution in [0.25, 0.3) is 38.6 Å². The average Bonchev–Trinajstić information content (AvgIpc) is 3.49. The van der Waals surface area contributed by atoms with E-state index in [0.29, 0.717) is 0 Å². The van der Waals surface area contributed by atoms with Crippen molar-refractivity contribution < 1.29 is 4.74 Å². The molecule has 182 valence electrons. The first kappa shape index (κ1) is 20.9. The first-order valence-corrected chi connectivity index (χ1v) is 13.5. The minimum Gasteiger partial charge on any atom is -0.457 e. The summed E-state index contributed by atoms with van der Waals surface area (Å²) in [5, 5.41) is 2.54. The van der Waals surface area contributed by atoms with Crippen molar-refractivity contribution in [1.82, 2.24) is 4.57 Å². The van der Waals surface area contributed by atoms with Crippen molar-refractivity contribution in [2.45, 2.75) is 5.41 Å². The van der Waals surface area contributed by atoms with Gasteiger partial charge in [-0.25, -0.2) is 0 Å². The van der Waals surface area contributed by atoms with Crippen molar-refractivity contribution in [3.8, 4) is 28.3 Å². The minimum atomic E-state index is -0.469. The van der Waals surface area contributed by atoms with Crippen LogP contribution in [0.15, 0.2) is 140 Å². The van der Waals surface area contributed by atoms with Crippen LogP contribution in [0, 0.1) is 0 Å². The van der Waals surface area contributed by atoms with E-state index >= 15 is 0 Å². The smallest absolute Gasteiger partial charge is 0.132 e. The van der Waals surface area contributed by atoms with Gasteiger partial charge < -0.3 is 9.30 Å². The fourth-order valence-corrected chi connectivity index (χ4v) is 7.24. The van der Waals surface area contributed by atoms with E-state index in [1.54, 1.807) is 0 Å². The molecule has 0 atom stereocenters. The van der Waals surface area contributed by atoms with Gasteiger partial charge in [-0.05, 0) is 47.0 Å². The van der Waals surface area contributed by atoms with Crippen LogP contribution in [0.4, 0.5) is 0 Å². The molecule has 6 aromatic carbocycles. The van der Waals surface area contributed by atoms with E-state index in [2.05, 4.69) is 144 Å². The number of ether oxygens (including phenoxy) is 1. The van der Waals surface area contributed by atoms with E-state index in [9.17, 15) is 0 Å². The van der Waals surface area contributed by atoms with E-state index in [1.807, 2.05) is 0 Å². The summed E-state index contributed by atoms with van der Waals surface area (Å²) in [4.78, 5) is 0. The molecule has 9 rings (SSSR count). The zero-order chi connectivity index (χ0) is 25.6. The second kappa shape index (κ2) is 7.49. The highest BCUT2D eigenvalue weighted by molar-refractivity contribution is 6.16. The molecule has 0 bridgehead atoms. The van der Waals surface area contributed by atoms with Crippen molar-refractivity contribution in [3.63, 3.8) is 0 Å². The maximum Gasteiger partial charge on any atom is 0.132 e. The summed E-state index contributed by atoms with van der Waals surface area (Å²) in [6.07, 6.45) is 0. The molecule has 0 amide bonds. The number of hydrogen-bond donors (Lipinski definition) is 0. The summed E-state index contributed by atoms with van der Waals surface area (Å²) < 4.78 is 8.97. The Labute approximate surface area is 226 Å². The predicted molar refractivity (Wildman–Crippen MR) is 158 cm³/mol. The number of aromatic nitrogens is 1. The number of nitrogens with zero attached hydrogens (tertiary/aromatic N) is 1. The molecule has 2 aliphatic rings. The van der Waals surface area contributed by atoms with Crippen LogP contribution in [0.5, 0.6) is 11.5 Å². The second-order valence-electron chi connectivity index (χ2n) is 10.5. The number of para-hydroxylation sites is 4. The van der Waals surface area contributed by atoms with Crippen molar-refractivity contribution in [3.05, 3.63) is 162 Å². The van der Waals surface area contributed by atoms with Crippen LogP contribution in [-0.4, -0.2) is 4.57 Å². The third-order valence-corrected chi connectivity index (χ3v) is 8.66. The molecule has 1 aliphatic heterocycles. The SMILES string of the molecule is c1ccc(-n2c3ccccc3c3ccc4c(c32)-c2ccccc2C42c3ccccc3Oc3ccccc32)cc1. The van der Waals surface area contributed by atoms with Gasteiger partial charge in [0.2, 0.25) is 0 Å². The van der Waals surface area contributed by atoms with Crippen LogP contribution in [0.3, 0.4) is 0 Å². The van der Waals surface area contributed by atoms with Gasteiger partial charge >= 0.3 is 0 Å². The normalized spacial score (nSPS) is 14.1. The second-order valence-corrected chi connectivity index (χ2v) is 10.5. The Morgan fingerprint density at radius 1 is 0.462 bits per heavy atom. The lowest BCUT2D eigenvalue weighted by Gasteiger charge is -2.39. The van der Waals surface area contributed by atoms with Crippen LogP contribution in [-0.2, 0) is 5.41 Å². The van der Waals surface area contributed by atoms with Crippen LogP contribution in [0.1, 0.15) is 22.3 Å². The van der Waals surface area contributed by atoms with Gasteiger partial charge in [-0.1, -0.05) is 109 Å². The molecular formula is C37H23NO. The van der Waals surface area contributed by atoms with Gasteiger partial charge in [-0.15, -0.1) is 0 Å². The molecule has 2 heterocycles. The molecule has 0 fully saturated rings. The lowest BCUT2D eigenvalue weighted by atomic mass is 9.66. The van der Waals surface area contributed by atoms with Gasteiger partial charge in [0.05, 0.1) is 16.4 Å². The lowest BCUT2D eigenvalue weighted by Crippen LogP contribution is -2.32. The van der Waals surface area contributed by atoms with Crippen molar-refractivity contribution in [2.24, 2.45) is 0 Å². The quantitative estimate of drug-likeness (QED) is 0.220. The summed E-state index contributed by atoms with van der Waals surface area (Å²) in [5.74, 6) is 1.84. The molecule has 0 saturated carbocycles. The zero-order valence-electron chi connectivity index (χ0n) is 21.1. The van der Waals surface area contributed by atoms with Crippen LogP contribution < -0.4 is 4.74 Å². The average molecular weight is 498 g/mol. The summed E-state index contributed by atoms with van der Waals surface area (Å²) in [5.41, 5.74) is 10.8. The number of fused-ring (bicyclic) bond motifs is 13. The van der Waals surface area contributed by atoms with Crippen molar-refractivity contribution in [1.29, 1.82) is 0 Å². The Bertz CT molecular complexity index is 2050. The number of rotatable bonds is 1. The highest BCUT2D eigenvalue weighted by atomic mass is 16.5.